The summed E-state index contributed by atoms with van der Waals surface area (Å²) < 4.78 is 6.25. The van der Waals surface area contributed by atoms with Gasteiger partial charge in [0.2, 0.25) is 0 Å². The second kappa shape index (κ2) is 5.57. The number of likely N-dealkylation sites (N-methyl/N-ethyl adjacent to an activating group) is 1. The van der Waals surface area contributed by atoms with Crippen LogP contribution < -0.4 is 10.1 Å². The van der Waals surface area contributed by atoms with Crippen LogP contribution in [0.2, 0.25) is 0 Å². The van der Waals surface area contributed by atoms with Crippen LogP contribution in [-0.2, 0) is 0 Å². The van der Waals surface area contributed by atoms with Crippen molar-refractivity contribution in [1.82, 2.24) is 10.3 Å². The predicted octanol–water partition coefficient (Wildman–Crippen LogP) is 3.14. The number of nitrogens with zero attached hydrogens (tertiary/aromatic N) is 1. The third-order valence-electron chi connectivity index (χ3n) is 3.80. The highest BCUT2D eigenvalue weighted by Crippen LogP contribution is 2.29. The number of benzene rings is 1. The van der Waals surface area contributed by atoms with E-state index in [0.717, 1.165) is 29.6 Å². The normalized spacial score (nSPS) is 22.8. The highest BCUT2D eigenvalue weighted by molar-refractivity contribution is 5.84. The Hall–Kier alpha value is -1.61. The summed E-state index contributed by atoms with van der Waals surface area (Å²) >= 11 is 0. The number of rotatable bonds is 4. The first-order valence-corrected chi connectivity index (χ1v) is 7.12. The molecule has 1 saturated carbocycles. The van der Waals surface area contributed by atoms with Crippen LogP contribution in [-0.4, -0.2) is 23.7 Å². The van der Waals surface area contributed by atoms with Crippen LogP contribution in [0, 0.1) is 0 Å². The number of hydrogen-bond acceptors (Lipinski definition) is 3. The van der Waals surface area contributed by atoms with Gasteiger partial charge in [0.25, 0.3) is 0 Å². The quantitative estimate of drug-likeness (QED) is 0.912. The molecule has 0 saturated heterocycles. The first-order valence-electron chi connectivity index (χ1n) is 7.12. The molecule has 3 nitrogen and oxygen atoms in total. The second-order valence-corrected chi connectivity index (χ2v) is 5.08. The third-order valence-corrected chi connectivity index (χ3v) is 3.80. The summed E-state index contributed by atoms with van der Waals surface area (Å²) in [6, 6.07) is 10.6. The molecule has 1 aromatic heterocycles. The lowest BCUT2D eigenvalue weighted by atomic mass is 10.2. The molecular formula is C16H20N2O. The predicted molar refractivity (Wildman–Crippen MR) is 77.5 cm³/mol. The Kier molecular flexibility index (Phi) is 3.65. The smallest absolute Gasteiger partial charge is 0.129 e. The number of hydrogen-bond donors (Lipinski definition) is 1. The molecule has 3 rings (SSSR count). The Labute approximate surface area is 114 Å². The maximum atomic E-state index is 6.25. The highest BCUT2D eigenvalue weighted by Gasteiger charge is 2.28. The molecule has 1 aliphatic rings. The molecule has 2 atom stereocenters. The largest absolute Gasteiger partial charge is 0.488 e. The zero-order valence-electron chi connectivity index (χ0n) is 11.3. The molecule has 1 aromatic carbocycles. The van der Waals surface area contributed by atoms with Gasteiger partial charge in [-0.05, 0) is 50.1 Å². The number of fused-ring (bicyclic) bond motifs is 1. The average molecular weight is 256 g/mol. The summed E-state index contributed by atoms with van der Waals surface area (Å²) in [5, 5.41) is 4.63. The molecule has 1 N–H and O–H groups in total. The minimum Gasteiger partial charge on any atom is -0.488 e. The van der Waals surface area contributed by atoms with E-state index in [2.05, 4.69) is 23.3 Å². The van der Waals surface area contributed by atoms with Gasteiger partial charge in [0, 0.05) is 17.6 Å². The van der Waals surface area contributed by atoms with E-state index in [1.165, 1.54) is 12.8 Å². The summed E-state index contributed by atoms with van der Waals surface area (Å²) in [6.07, 6.45) is 5.69. The molecule has 2 aromatic rings. The van der Waals surface area contributed by atoms with Crippen molar-refractivity contribution in [2.75, 3.05) is 6.54 Å². The van der Waals surface area contributed by atoms with Crippen molar-refractivity contribution in [3.8, 4) is 5.75 Å². The summed E-state index contributed by atoms with van der Waals surface area (Å²) in [4.78, 5) is 4.38. The Morgan fingerprint density at radius 1 is 1.26 bits per heavy atom. The maximum absolute atomic E-state index is 6.25. The van der Waals surface area contributed by atoms with Crippen molar-refractivity contribution in [3.63, 3.8) is 0 Å². The fraction of sp³-hybridized carbons (Fsp3) is 0.438. The molecule has 0 amide bonds. The molecule has 1 aliphatic carbocycles. The molecule has 0 spiro atoms. The topological polar surface area (TPSA) is 34.1 Å². The number of ether oxygens (including phenoxy) is 1. The molecular weight excluding hydrogens is 236 g/mol. The van der Waals surface area contributed by atoms with Crippen molar-refractivity contribution in [1.29, 1.82) is 0 Å². The second-order valence-electron chi connectivity index (χ2n) is 5.08. The summed E-state index contributed by atoms with van der Waals surface area (Å²) in [7, 11) is 0. The monoisotopic (exact) mass is 256 g/mol. The number of pyridine rings is 1. The lowest BCUT2D eigenvalue weighted by molar-refractivity contribution is 0.178. The van der Waals surface area contributed by atoms with Crippen molar-refractivity contribution < 1.29 is 4.74 Å². The van der Waals surface area contributed by atoms with E-state index in [9.17, 15) is 0 Å². The standard InChI is InChI=1S/C16H20N2O/c1-2-17-14-8-4-10-16(14)19-15-9-3-7-13-12(15)6-5-11-18-13/h3,5-7,9,11,14,16-17H,2,4,8,10H2,1H3. The molecule has 1 heterocycles. The van der Waals surface area contributed by atoms with Gasteiger partial charge in [-0.3, -0.25) is 4.98 Å². The molecule has 19 heavy (non-hydrogen) atoms. The zero-order chi connectivity index (χ0) is 13.1. The molecule has 2 unspecified atom stereocenters. The number of nitrogens with one attached hydrogen (secondary N) is 1. The van der Waals surface area contributed by atoms with Crippen LogP contribution in [0.1, 0.15) is 26.2 Å². The maximum Gasteiger partial charge on any atom is 0.129 e. The van der Waals surface area contributed by atoms with E-state index in [0.29, 0.717) is 6.04 Å². The first kappa shape index (κ1) is 12.4. The van der Waals surface area contributed by atoms with Crippen LogP contribution in [0.15, 0.2) is 36.5 Å². The SMILES string of the molecule is CCNC1CCCC1Oc1cccc2ncccc12. The molecule has 0 radical (unpaired) electrons. The minimum absolute atomic E-state index is 0.283. The van der Waals surface area contributed by atoms with Gasteiger partial charge in [-0.15, -0.1) is 0 Å². The zero-order valence-corrected chi connectivity index (χ0v) is 11.3. The average Bonchev–Trinajstić information content (AvgIpc) is 2.87. The van der Waals surface area contributed by atoms with E-state index >= 15 is 0 Å². The van der Waals surface area contributed by atoms with Crippen molar-refractivity contribution in [2.45, 2.75) is 38.3 Å². The van der Waals surface area contributed by atoms with Crippen molar-refractivity contribution in [3.05, 3.63) is 36.5 Å². The van der Waals surface area contributed by atoms with Gasteiger partial charge in [-0.1, -0.05) is 13.0 Å². The van der Waals surface area contributed by atoms with Gasteiger partial charge in [-0.2, -0.15) is 0 Å². The molecule has 0 aliphatic heterocycles. The van der Waals surface area contributed by atoms with E-state index in [4.69, 9.17) is 4.74 Å². The van der Waals surface area contributed by atoms with Crippen LogP contribution >= 0.6 is 0 Å². The van der Waals surface area contributed by atoms with Crippen LogP contribution in [0.25, 0.3) is 10.9 Å². The summed E-state index contributed by atoms with van der Waals surface area (Å²) in [5.74, 6) is 0.959. The third kappa shape index (κ3) is 2.56. The summed E-state index contributed by atoms with van der Waals surface area (Å²) in [5.41, 5.74) is 0.998. The van der Waals surface area contributed by atoms with Crippen LogP contribution in [0.5, 0.6) is 5.75 Å². The Bertz CT molecular complexity index is 550. The van der Waals surface area contributed by atoms with E-state index in [-0.39, 0.29) is 6.10 Å². The van der Waals surface area contributed by atoms with E-state index < -0.39 is 0 Å². The highest BCUT2D eigenvalue weighted by atomic mass is 16.5. The van der Waals surface area contributed by atoms with Gasteiger partial charge in [0.05, 0.1) is 5.52 Å². The van der Waals surface area contributed by atoms with Gasteiger partial charge in [0.15, 0.2) is 0 Å². The van der Waals surface area contributed by atoms with Gasteiger partial charge in [-0.25, -0.2) is 0 Å². The lowest BCUT2D eigenvalue weighted by Gasteiger charge is -2.22. The Morgan fingerprint density at radius 2 is 2.21 bits per heavy atom. The minimum atomic E-state index is 0.283. The fourth-order valence-electron chi connectivity index (χ4n) is 2.90. The molecule has 1 fully saturated rings. The molecule has 3 heteroatoms. The lowest BCUT2D eigenvalue weighted by Crippen LogP contribution is -2.38. The van der Waals surface area contributed by atoms with Crippen LogP contribution in [0.4, 0.5) is 0 Å². The number of aromatic nitrogens is 1. The first-order chi connectivity index (χ1) is 9.38. The Balaban J connectivity index is 1.85. The van der Waals surface area contributed by atoms with Gasteiger partial charge < -0.3 is 10.1 Å². The fourth-order valence-corrected chi connectivity index (χ4v) is 2.90. The van der Waals surface area contributed by atoms with Crippen LogP contribution in [0.3, 0.4) is 0 Å². The molecule has 0 bridgehead atoms. The van der Waals surface area contributed by atoms with E-state index in [1.807, 2.05) is 30.5 Å². The van der Waals surface area contributed by atoms with Crippen molar-refractivity contribution in [2.24, 2.45) is 0 Å². The van der Waals surface area contributed by atoms with Gasteiger partial charge in [0.1, 0.15) is 11.9 Å². The molecule has 100 valence electrons. The van der Waals surface area contributed by atoms with Gasteiger partial charge >= 0.3 is 0 Å². The van der Waals surface area contributed by atoms with Crippen molar-refractivity contribution >= 4 is 10.9 Å². The van der Waals surface area contributed by atoms with E-state index in [1.54, 1.807) is 0 Å². The Morgan fingerprint density at radius 3 is 3.11 bits per heavy atom. The summed E-state index contributed by atoms with van der Waals surface area (Å²) in [6.45, 7) is 3.15.